The van der Waals surface area contributed by atoms with E-state index in [0.29, 0.717) is 68.3 Å². The molecule has 0 saturated heterocycles. The summed E-state index contributed by atoms with van der Waals surface area (Å²) >= 11 is 0. The van der Waals surface area contributed by atoms with Crippen molar-refractivity contribution in [2.24, 2.45) is 21.7 Å². The van der Waals surface area contributed by atoms with Crippen LogP contribution < -0.4 is 18.9 Å². The highest BCUT2D eigenvalue weighted by atomic mass is 16.5. The van der Waals surface area contributed by atoms with Crippen molar-refractivity contribution in [2.75, 3.05) is 49.8 Å². The number of aliphatic hydroxyl groups is 4. The van der Waals surface area contributed by atoms with Crippen molar-refractivity contribution >= 4 is 63.3 Å². The highest BCUT2D eigenvalue weighted by Gasteiger charge is 2.58. The Kier molecular flexibility index (Phi) is 19.8. The number of Topliss-reactive ketones (excluding diaryl/α,β-unsaturated/α-hetero) is 3. The first-order chi connectivity index (χ1) is 49.6. The Morgan fingerprint density at radius 1 is 0.368 bits per heavy atom. The predicted octanol–water partition coefficient (Wildman–Crippen LogP) is 15.7. The van der Waals surface area contributed by atoms with E-state index in [9.17, 15) is 54.0 Å². The molecule has 18 nitrogen and oxygen atoms in total. The van der Waals surface area contributed by atoms with Gasteiger partial charge < -0.3 is 53.6 Å². The lowest BCUT2D eigenvalue weighted by atomic mass is 9.55. The number of fused-ring (bicyclic) bond motifs is 12. The number of hydrogen-bond donors (Lipinski definition) is 4. The molecule has 1 unspecified atom stereocenters. The number of carbonyl (C=O) groups excluding carboxylic acids is 7. The summed E-state index contributed by atoms with van der Waals surface area (Å²) in [5.74, 6) is -0.466. The smallest absolute Gasteiger partial charge is 0.341 e. The maximum absolute atomic E-state index is 13.1. The lowest BCUT2D eigenvalue weighted by molar-refractivity contribution is -0.140. The summed E-state index contributed by atoms with van der Waals surface area (Å²) in [4.78, 5) is 88.7. The molecule has 106 heavy (non-hydrogen) atoms. The molecule has 8 aliphatic carbocycles. The van der Waals surface area contributed by atoms with E-state index in [2.05, 4.69) is 33.2 Å². The molecule has 0 spiro atoms. The van der Waals surface area contributed by atoms with E-state index in [0.717, 1.165) is 55.8 Å². The average molecular weight is 1440 g/mol. The summed E-state index contributed by atoms with van der Waals surface area (Å²) in [5.41, 5.74) is 4.35. The van der Waals surface area contributed by atoms with Crippen molar-refractivity contribution in [2.45, 2.75) is 104 Å². The van der Waals surface area contributed by atoms with Crippen LogP contribution in [-0.4, -0.2) is 111 Å². The van der Waals surface area contributed by atoms with Gasteiger partial charge in [-0.15, -0.1) is 0 Å². The molecule has 0 aliphatic heterocycles. The summed E-state index contributed by atoms with van der Waals surface area (Å²) in [6.45, 7) is 35.9. The van der Waals surface area contributed by atoms with E-state index < -0.39 is 61.2 Å². The number of esters is 3. The van der Waals surface area contributed by atoms with Crippen LogP contribution in [0.25, 0.3) is 22.3 Å². The van der Waals surface area contributed by atoms with E-state index >= 15 is 0 Å². The monoisotopic (exact) mass is 1430 g/mol. The molecular weight excluding hydrogens is 1340 g/mol. The predicted molar refractivity (Wildman–Crippen MR) is 405 cm³/mol. The molecule has 550 valence electrons. The number of carbonyl (C=O) groups is 7. The second-order valence-electron chi connectivity index (χ2n) is 30.0. The standard InChI is InChI=1S/C25H24O3.3C21H22O5/c1-16-19-11-10-18(28-4)14-20(19)24(2)13-12-21(26)25(3,23(24)22(16)27)15-17-8-6-5-7-9-17;3*1-11-13-8-7-12(25-5)9-15(13)21(4)10-14(19(24)26-6)18(23)20(2,3)17(21)16(11)22/h5-14,27H,1,15H2,2-4H3;3*7-10,22H,1H2,2-6H3/t24-,25+;2*21-;/m110./s1. The van der Waals surface area contributed by atoms with Crippen molar-refractivity contribution in [1.82, 2.24) is 0 Å². The number of aliphatic hydroxyl groups excluding tert-OH is 4. The molecule has 0 aromatic heterocycles. The Morgan fingerprint density at radius 3 is 0.896 bits per heavy atom. The minimum atomic E-state index is -1.10. The second-order valence-corrected chi connectivity index (χ2v) is 30.0. The topological polar surface area (TPSA) is 265 Å². The number of benzene rings is 5. The zero-order chi connectivity index (χ0) is 78.4. The van der Waals surface area contributed by atoms with E-state index in [1.807, 2.05) is 119 Å². The van der Waals surface area contributed by atoms with Gasteiger partial charge in [0.25, 0.3) is 0 Å². The Hall–Kier alpha value is -11.5. The Labute approximate surface area is 618 Å². The van der Waals surface area contributed by atoms with Crippen molar-refractivity contribution in [3.05, 3.63) is 272 Å². The second kappa shape index (κ2) is 27.2. The molecule has 5 aromatic carbocycles. The van der Waals surface area contributed by atoms with Crippen LogP contribution in [-0.2, 0) is 75.9 Å². The van der Waals surface area contributed by atoms with Gasteiger partial charge in [0.2, 0.25) is 0 Å². The minimum Gasteiger partial charge on any atom is -0.507 e. The van der Waals surface area contributed by atoms with E-state index in [4.69, 9.17) is 33.2 Å². The third-order valence-electron chi connectivity index (χ3n) is 22.5. The lowest BCUT2D eigenvalue weighted by Gasteiger charge is -2.47. The van der Waals surface area contributed by atoms with Gasteiger partial charge in [-0.3, -0.25) is 19.2 Å². The van der Waals surface area contributed by atoms with Crippen molar-refractivity contribution < 1.29 is 87.1 Å². The van der Waals surface area contributed by atoms with Gasteiger partial charge in [0.05, 0.1) is 71.4 Å². The van der Waals surface area contributed by atoms with Gasteiger partial charge in [0, 0.05) is 49.5 Å². The normalized spacial score (nSPS) is 24.4. The van der Waals surface area contributed by atoms with Crippen LogP contribution in [0.3, 0.4) is 0 Å². The van der Waals surface area contributed by atoms with Gasteiger partial charge in [-0.05, 0) is 204 Å². The van der Waals surface area contributed by atoms with Crippen molar-refractivity contribution in [1.29, 1.82) is 0 Å². The van der Waals surface area contributed by atoms with Gasteiger partial charge in [-0.1, -0.05) is 105 Å². The largest absolute Gasteiger partial charge is 0.507 e. The molecule has 0 radical (unpaired) electrons. The van der Waals surface area contributed by atoms with E-state index in [1.54, 1.807) is 112 Å². The van der Waals surface area contributed by atoms with Crippen LogP contribution in [0.5, 0.6) is 23.0 Å². The zero-order valence-corrected chi connectivity index (χ0v) is 63.2. The number of ketones is 4. The molecule has 5 aromatic rings. The number of hydrogen-bond acceptors (Lipinski definition) is 18. The molecule has 18 heteroatoms. The van der Waals surface area contributed by atoms with Crippen molar-refractivity contribution in [3.63, 3.8) is 0 Å². The van der Waals surface area contributed by atoms with Gasteiger partial charge in [-0.25, -0.2) is 14.4 Å². The molecular formula is C88H90O18. The first-order valence-corrected chi connectivity index (χ1v) is 34.2. The molecule has 0 heterocycles. The molecule has 13 rings (SSSR count). The molecule has 0 amide bonds. The average Bonchev–Trinajstić information content (AvgIpc) is 0.716. The molecule has 0 fully saturated rings. The summed E-state index contributed by atoms with van der Waals surface area (Å²) in [6.07, 6.45) is 8.84. The third kappa shape index (κ3) is 11.8. The first kappa shape index (κ1) is 77.1. The summed E-state index contributed by atoms with van der Waals surface area (Å²) in [7, 11) is 10.1. The fourth-order valence-corrected chi connectivity index (χ4v) is 17.2. The SMILES string of the molecule is C=C1C(O)=C2C(C)(C)C(=O)C(C(=O)OC)=CC2(C)c2cc(OC)ccc21.C=C1C(O)=C2C(C)(C)C(=O)C(C(=O)OC)=C[C@@]2(C)c2cc(OC)ccc21.C=C1C(O)=C2C(C)(C)C(=O)C(C(=O)OC)=C[C@]2(C)c2cc(OC)ccc21.C=C1C(O)=C2[C@@](C)(Cc3ccccc3)C(=O)C=C[C@]2(C)c2cc(OC)ccc21. The minimum absolute atomic E-state index is 0.00507. The molecule has 8 aliphatic rings. The highest BCUT2D eigenvalue weighted by molar-refractivity contribution is 6.24. The van der Waals surface area contributed by atoms with Gasteiger partial charge in [0.1, 0.15) is 62.8 Å². The summed E-state index contributed by atoms with van der Waals surface area (Å²) in [6, 6.07) is 32.1. The molecule has 4 N–H and O–H groups in total. The summed E-state index contributed by atoms with van der Waals surface area (Å²) in [5, 5.41) is 43.9. The fourth-order valence-electron chi connectivity index (χ4n) is 17.2. The van der Waals surface area contributed by atoms with E-state index in [1.165, 1.54) is 21.3 Å². The zero-order valence-electron chi connectivity index (χ0n) is 63.2. The van der Waals surface area contributed by atoms with Crippen LogP contribution in [0.1, 0.15) is 126 Å². The maximum Gasteiger partial charge on any atom is 0.341 e. The Morgan fingerprint density at radius 2 is 0.632 bits per heavy atom. The third-order valence-corrected chi connectivity index (χ3v) is 22.5. The van der Waals surface area contributed by atoms with Gasteiger partial charge in [0.15, 0.2) is 23.1 Å². The summed E-state index contributed by atoms with van der Waals surface area (Å²) < 4.78 is 35.9. The number of ether oxygens (including phenoxy) is 7. The van der Waals surface area contributed by atoms with Crippen LogP contribution >= 0.6 is 0 Å². The van der Waals surface area contributed by atoms with Crippen LogP contribution in [0.4, 0.5) is 0 Å². The Bertz CT molecular complexity index is 4680. The van der Waals surface area contributed by atoms with Crippen LogP contribution in [0.15, 0.2) is 222 Å². The first-order valence-electron chi connectivity index (χ1n) is 34.2. The molecule has 0 saturated carbocycles. The quantitative estimate of drug-likeness (QED) is 0.0607. The highest BCUT2D eigenvalue weighted by Crippen LogP contribution is 2.61. The van der Waals surface area contributed by atoms with Crippen molar-refractivity contribution in [3.8, 4) is 23.0 Å². The lowest BCUT2D eigenvalue weighted by Crippen LogP contribution is -2.46. The fraction of sp³-hybridized carbons (Fsp3) is 0.307. The maximum atomic E-state index is 13.1. The Balaban J connectivity index is 0.000000151. The number of methoxy groups -OCH3 is 7. The molecule has 5 atom stereocenters. The van der Waals surface area contributed by atoms with Crippen LogP contribution in [0, 0.1) is 21.7 Å². The van der Waals surface area contributed by atoms with Crippen LogP contribution in [0.2, 0.25) is 0 Å². The molecule has 0 bridgehead atoms. The number of allylic oxidation sites excluding steroid dienone is 13. The van der Waals surface area contributed by atoms with E-state index in [-0.39, 0.29) is 62.9 Å². The number of rotatable bonds is 9. The van der Waals surface area contributed by atoms with Gasteiger partial charge >= 0.3 is 17.9 Å². The van der Waals surface area contributed by atoms with Gasteiger partial charge in [-0.2, -0.15) is 0 Å².